The second kappa shape index (κ2) is 10.7. The van der Waals surface area contributed by atoms with E-state index in [4.69, 9.17) is 15.2 Å². The molecule has 1 aliphatic heterocycles. The highest BCUT2D eigenvalue weighted by atomic mass is 127. The Morgan fingerprint density at radius 1 is 1.26 bits per heavy atom. The number of aliphatic imine (C=N–C) groups is 1. The standard InChI is InChI=1S/C19H26N4O2S.HI/c1-24-16-4-3-14(11-17(16)25-2)12-22-19(20)21-7-9-23-8-5-18-15(13-23)6-10-26-18;/h3-4,6,10-11H,5,7-9,12-13H2,1-2H3,(H3,20,21,22);1H. The van der Waals surface area contributed by atoms with Crippen LogP contribution in [-0.4, -0.2) is 44.7 Å². The summed E-state index contributed by atoms with van der Waals surface area (Å²) in [6.07, 6.45) is 1.15. The molecule has 2 aromatic rings. The number of nitrogens with zero attached hydrogens (tertiary/aromatic N) is 2. The molecule has 148 valence electrons. The van der Waals surface area contributed by atoms with Gasteiger partial charge in [-0.2, -0.15) is 0 Å². The molecule has 27 heavy (non-hydrogen) atoms. The monoisotopic (exact) mass is 502 g/mol. The molecule has 0 atom stereocenters. The molecule has 2 heterocycles. The number of methoxy groups -OCH3 is 2. The number of rotatable bonds is 7. The summed E-state index contributed by atoms with van der Waals surface area (Å²) in [6, 6.07) is 7.99. The maximum Gasteiger partial charge on any atom is 0.188 e. The lowest BCUT2D eigenvalue weighted by Gasteiger charge is -2.26. The van der Waals surface area contributed by atoms with Crippen LogP contribution in [0.5, 0.6) is 11.5 Å². The maximum atomic E-state index is 5.99. The van der Waals surface area contributed by atoms with E-state index in [0.717, 1.165) is 38.2 Å². The van der Waals surface area contributed by atoms with Crippen LogP contribution in [0.3, 0.4) is 0 Å². The van der Waals surface area contributed by atoms with E-state index in [2.05, 4.69) is 26.7 Å². The lowest BCUT2D eigenvalue weighted by molar-refractivity contribution is 0.260. The molecule has 1 aromatic carbocycles. The normalized spacial score (nSPS) is 14.2. The van der Waals surface area contributed by atoms with Crippen molar-refractivity contribution in [2.45, 2.75) is 19.5 Å². The van der Waals surface area contributed by atoms with Crippen LogP contribution in [-0.2, 0) is 19.5 Å². The second-order valence-electron chi connectivity index (χ2n) is 6.21. The summed E-state index contributed by atoms with van der Waals surface area (Å²) in [6.45, 7) is 4.39. The summed E-state index contributed by atoms with van der Waals surface area (Å²) in [7, 11) is 3.25. The molecule has 8 heteroatoms. The summed E-state index contributed by atoms with van der Waals surface area (Å²) in [4.78, 5) is 8.39. The minimum Gasteiger partial charge on any atom is -0.493 e. The molecule has 0 aliphatic carbocycles. The molecule has 0 unspecified atom stereocenters. The predicted octanol–water partition coefficient (Wildman–Crippen LogP) is 2.85. The number of fused-ring (bicyclic) bond motifs is 1. The van der Waals surface area contributed by atoms with Gasteiger partial charge in [0.25, 0.3) is 0 Å². The molecule has 1 aliphatic rings. The maximum absolute atomic E-state index is 5.99. The quantitative estimate of drug-likeness (QED) is 0.346. The Morgan fingerprint density at radius 2 is 2.07 bits per heavy atom. The van der Waals surface area contributed by atoms with E-state index < -0.39 is 0 Å². The van der Waals surface area contributed by atoms with Gasteiger partial charge in [-0.15, -0.1) is 35.3 Å². The Labute approximate surface area is 181 Å². The van der Waals surface area contributed by atoms with Crippen molar-refractivity contribution >= 4 is 41.3 Å². The fourth-order valence-corrected chi connectivity index (χ4v) is 3.94. The summed E-state index contributed by atoms with van der Waals surface area (Å²) in [5, 5.41) is 5.39. The van der Waals surface area contributed by atoms with Gasteiger partial charge in [0.1, 0.15) is 0 Å². The molecule has 0 radical (unpaired) electrons. The smallest absolute Gasteiger partial charge is 0.188 e. The van der Waals surface area contributed by atoms with E-state index in [-0.39, 0.29) is 24.0 Å². The third-order valence-corrected chi connectivity index (χ3v) is 5.52. The molecule has 0 bridgehead atoms. The topological polar surface area (TPSA) is 72.1 Å². The Morgan fingerprint density at radius 3 is 2.85 bits per heavy atom. The number of hydrogen-bond donors (Lipinski definition) is 2. The molecule has 3 N–H and O–H groups in total. The van der Waals surface area contributed by atoms with Crippen LogP contribution < -0.4 is 20.5 Å². The number of nitrogens with two attached hydrogens (primary N) is 1. The SMILES string of the molecule is COc1ccc(CN=C(N)NCCN2CCc3sccc3C2)cc1OC.I. The van der Waals surface area contributed by atoms with E-state index >= 15 is 0 Å². The molecule has 0 saturated heterocycles. The zero-order valence-corrected chi connectivity index (χ0v) is 18.9. The minimum absolute atomic E-state index is 0. The van der Waals surface area contributed by atoms with Gasteiger partial charge < -0.3 is 20.5 Å². The van der Waals surface area contributed by atoms with Crippen molar-refractivity contribution < 1.29 is 9.47 Å². The van der Waals surface area contributed by atoms with Gasteiger partial charge in [-0.3, -0.25) is 4.90 Å². The van der Waals surface area contributed by atoms with E-state index in [1.165, 1.54) is 10.4 Å². The summed E-state index contributed by atoms with van der Waals surface area (Å²) >= 11 is 1.87. The molecule has 6 nitrogen and oxygen atoms in total. The third kappa shape index (κ3) is 5.98. The van der Waals surface area contributed by atoms with Crippen LogP contribution in [0.15, 0.2) is 34.6 Å². The van der Waals surface area contributed by atoms with Crippen molar-refractivity contribution in [2.75, 3.05) is 33.9 Å². The molecule has 0 saturated carbocycles. The van der Waals surface area contributed by atoms with Gasteiger partial charge in [-0.25, -0.2) is 4.99 Å². The number of benzene rings is 1. The minimum atomic E-state index is 0. The molecule has 0 spiro atoms. The van der Waals surface area contributed by atoms with E-state index in [1.807, 2.05) is 29.5 Å². The predicted molar refractivity (Wildman–Crippen MR) is 122 cm³/mol. The number of guanidine groups is 1. The van der Waals surface area contributed by atoms with Gasteiger partial charge in [0.05, 0.1) is 20.8 Å². The highest BCUT2D eigenvalue weighted by molar-refractivity contribution is 14.0. The van der Waals surface area contributed by atoms with Crippen LogP contribution in [0.25, 0.3) is 0 Å². The largest absolute Gasteiger partial charge is 0.493 e. The zero-order chi connectivity index (χ0) is 18.4. The second-order valence-corrected chi connectivity index (χ2v) is 7.21. The molecule has 1 aromatic heterocycles. The Kier molecular flexibility index (Phi) is 8.65. The fourth-order valence-electron chi connectivity index (χ4n) is 3.05. The molecule has 0 amide bonds. The van der Waals surface area contributed by atoms with Crippen LogP contribution >= 0.6 is 35.3 Å². The van der Waals surface area contributed by atoms with Crippen molar-refractivity contribution in [1.29, 1.82) is 0 Å². The highest BCUT2D eigenvalue weighted by Crippen LogP contribution is 2.27. The molecule has 0 fully saturated rings. The van der Waals surface area contributed by atoms with Gasteiger partial charge in [-0.1, -0.05) is 6.07 Å². The highest BCUT2D eigenvalue weighted by Gasteiger charge is 2.16. The fraction of sp³-hybridized carbons (Fsp3) is 0.421. The van der Waals surface area contributed by atoms with E-state index in [1.54, 1.807) is 14.2 Å². The van der Waals surface area contributed by atoms with Crippen molar-refractivity contribution in [3.05, 3.63) is 45.6 Å². The van der Waals surface area contributed by atoms with Gasteiger partial charge in [0.15, 0.2) is 17.5 Å². The number of thiophene rings is 1. The molecular weight excluding hydrogens is 475 g/mol. The Hall–Kier alpha value is -1.52. The van der Waals surface area contributed by atoms with E-state index in [0.29, 0.717) is 24.0 Å². The first-order valence-corrected chi connectivity index (χ1v) is 9.60. The number of nitrogens with one attached hydrogen (secondary N) is 1. The Balaban J connectivity index is 0.00000261. The number of halogens is 1. The van der Waals surface area contributed by atoms with Gasteiger partial charge in [0, 0.05) is 31.1 Å². The van der Waals surface area contributed by atoms with Crippen molar-refractivity contribution in [2.24, 2.45) is 10.7 Å². The van der Waals surface area contributed by atoms with Gasteiger partial charge >= 0.3 is 0 Å². The summed E-state index contributed by atoms with van der Waals surface area (Å²) < 4.78 is 10.6. The Bertz CT molecular complexity index is 766. The van der Waals surface area contributed by atoms with Crippen molar-refractivity contribution in [1.82, 2.24) is 10.2 Å². The first kappa shape index (κ1) is 21.8. The average Bonchev–Trinajstić information content (AvgIpc) is 3.14. The van der Waals surface area contributed by atoms with Crippen LogP contribution in [0, 0.1) is 0 Å². The van der Waals surface area contributed by atoms with Crippen molar-refractivity contribution in [3.63, 3.8) is 0 Å². The van der Waals surface area contributed by atoms with Gasteiger partial charge in [0.2, 0.25) is 0 Å². The van der Waals surface area contributed by atoms with Crippen molar-refractivity contribution in [3.8, 4) is 11.5 Å². The first-order chi connectivity index (χ1) is 12.7. The van der Waals surface area contributed by atoms with Gasteiger partial charge in [-0.05, 0) is 41.1 Å². The van der Waals surface area contributed by atoms with Crippen LogP contribution in [0.1, 0.15) is 16.0 Å². The molecular formula is C19H27IN4O2S. The van der Waals surface area contributed by atoms with Crippen LogP contribution in [0.2, 0.25) is 0 Å². The zero-order valence-electron chi connectivity index (χ0n) is 15.7. The summed E-state index contributed by atoms with van der Waals surface area (Å²) in [5.74, 6) is 1.87. The number of hydrogen-bond acceptors (Lipinski definition) is 5. The molecule has 3 rings (SSSR count). The third-order valence-electron chi connectivity index (χ3n) is 4.50. The number of ether oxygens (including phenoxy) is 2. The lowest BCUT2D eigenvalue weighted by Crippen LogP contribution is -2.40. The lowest BCUT2D eigenvalue weighted by atomic mass is 10.1. The first-order valence-electron chi connectivity index (χ1n) is 8.72. The van der Waals surface area contributed by atoms with E-state index in [9.17, 15) is 0 Å². The average molecular weight is 502 g/mol. The summed E-state index contributed by atoms with van der Waals surface area (Å²) in [5.41, 5.74) is 8.48. The van der Waals surface area contributed by atoms with Crippen LogP contribution in [0.4, 0.5) is 0 Å².